The number of hydrogen-bond donors (Lipinski definition) is 4. The average molecular weight is 258 g/mol. The summed E-state index contributed by atoms with van der Waals surface area (Å²) in [5.41, 5.74) is -0.00355. The van der Waals surface area contributed by atoms with Gasteiger partial charge < -0.3 is 21.0 Å². The van der Waals surface area contributed by atoms with Crippen LogP contribution in [-0.4, -0.2) is 46.7 Å². The standard InChI is InChI=1S/C10H18N4O4/c1-7(13-17)9(15)11-5-3-4-6-12-10(16)8(2)14-18/h17-18H,3-6H2,1-2H3,(H,11,15)(H,12,16). The summed E-state index contributed by atoms with van der Waals surface area (Å²) in [6, 6.07) is 0. The summed E-state index contributed by atoms with van der Waals surface area (Å²) < 4.78 is 0. The fourth-order valence-electron chi connectivity index (χ4n) is 1.00. The zero-order valence-corrected chi connectivity index (χ0v) is 10.4. The van der Waals surface area contributed by atoms with Crippen LogP contribution in [0.5, 0.6) is 0 Å². The number of unbranched alkanes of at least 4 members (excludes halogenated alkanes) is 1. The minimum atomic E-state index is -0.426. The lowest BCUT2D eigenvalue weighted by Crippen LogP contribution is -2.32. The largest absolute Gasteiger partial charge is 0.410 e. The highest BCUT2D eigenvalue weighted by Gasteiger charge is 2.06. The Balaban J connectivity index is 3.59. The zero-order valence-electron chi connectivity index (χ0n) is 10.4. The average Bonchev–Trinajstić information content (AvgIpc) is 2.39. The van der Waals surface area contributed by atoms with E-state index in [1.807, 2.05) is 0 Å². The van der Waals surface area contributed by atoms with Crippen LogP contribution in [0.25, 0.3) is 0 Å². The van der Waals surface area contributed by atoms with E-state index in [0.29, 0.717) is 25.9 Å². The first-order valence-electron chi connectivity index (χ1n) is 5.46. The minimum absolute atomic E-state index is 0.00177. The maximum atomic E-state index is 11.1. The quantitative estimate of drug-likeness (QED) is 0.216. The van der Waals surface area contributed by atoms with Crippen LogP contribution in [-0.2, 0) is 9.59 Å². The van der Waals surface area contributed by atoms with Crippen LogP contribution in [0.3, 0.4) is 0 Å². The van der Waals surface area contributed by atoms with Gasteiger partial charge in [-0.2, -0.15) is 0 Å². The van der Waals surface area contributed by atoms with E-state index in [2.05, 4.69) is 20.9 Å². The lowest BCUT2D eigenvalue weighted by molar-refractivity contribution is -0.116. The molecule has 0 saturated heterocycles. The highest BCUT2D eigenvalue weighted by molar-refractivity contribution is 6.38. The molecule has 0 heterocycles. The Morgan fingerprint density at radius 3 is 1.50 bits per heavy atom. The van der Waals surface area contributed by atoms with Crippen molar-refractivity contribution in [2.75, 3.05) is 13.1 Å². The molecular formula is C10H18N4O4. The fraction of sp³-hybridized carbons (Fsp3) is 0.600. The molecule has 0 aromatic carbocycles. The minimum Gasteiger partial charge on any atom is -0.410 e. The molecule has 0 aromatic rings. The van der Waals surface area contributed by atoms with Crippen molar-refractivity contribution in [3.05, 3.63) is 0 Å². The number of oxime groups is 2. The van der Waals surface area contributed by atoms with Gasteiger partial charge in [0.1, 0.15) is 11.4 Å². The van der Waals surface area contributed by atoms with Gasteiger partial charge >= 0.3 is 0 Å². The molecule has 0 rings (SSSR count). The van der Waals surface area contributed by atoms with Crippen LogP contribution in [0.2, 0.25) is 0 Å². The lowest BCUT2D eigenvalue weighted by atomic mass is 10.3. The van der Waals surface area contributed by atoms with Crippen LogP contribution in [0.4, 0.5) is 0 Å². The molecule has 0 aliphatic carbocycles. The van der Waals surface area contributed by atoms with Gasteiger partial charge in [0.05, 0.1) is 0 Å². The summed E-state index contributed by atoms with van der Waals surface area (Å²) >= 11 is 0. The van der Waals surface area contributed by atoms with Crippen LogP contribution >= 0.6 is 0 Å². The number of nitrogens with one attached hydrogen (secondary N) is 2. The molecule has 18 heavy (non-hydrogen) atoms. The molecule has 0 fully saturated rings. The number of carbonyl (C=O) groups excluding carboxylic acids is 2. The van der Waals surface area contributed by atoms with Crippen molar-refractivity contribution in [1.82, 2.24) is 10.6 Å². The van der Waals surface area contributed by atoms with Gasteiger partial charge in [0.25, 0.3) is 11.8 Å². The van der Waals surface area contributed by atoms with Crippen molar-refractivity contribution >= 4 is 23.2 Å². The summed E-state index contributed by atoms with van der Waals surface area (Å²) in [6.07, 6.45) is 1.33. The van der Waals surface area contributed by atoms with Crippen LogP contribution in [0.15, 0.2) is 10.3 Å². The van der Waals surface area contributed by atoms with Crippen molar-refractivity contribution in [3.63, 3.8) is 0 Å². The van der Waals surface area contributed by atoms with Gasteiger partial charge in [-0.15, -0.1) is 0 Å². The predicted molar refractivity (Wildman–Crippen MR) is 65.0 cm³/mol. The molecule has 2 amide bonds. The Kier molecular flexibility index (Phi) is 7.91. The number of carbonyl (C=O) groups is 2. The summed E-state index contributed by atoms with van der Waals surface area (Å²) in [4.78, 5) is 22.3. The van der Waals surface area contributed by atoms with E-state index >= 15 is 0 Å². The van der Waals surface area contributed by atoms with E-state index in [1.54, 1.807) is 0 Å². The molecule has 0 radical (unpaired) electrons. The third-order valence-electron chi connectivity index (χ3n) is 2.13. The van der Waals surface area contributed by atoms with E-state index < -0.39 is 11.8 Å². The van der Waals surface area contributed by atoms with E-state index in [1.165, 1.54) is 13.8 Å². The Morgan fingerprint density at radius 2 is 1.22 bits per heavy atom. The smallest absolute Gasteiger partial charge is 0.268 e. The molecule has 0 bridgehead atoms. The summed E-state index contributed by atoms with van der Waals surface area (Å²) in [5, 5.41) is 27.3. The Hall–Kier alpha value is -2.12. The van der Waals surface area contributed by atoms with Gasteiger partial charge in [0.15, 0.2) is 0 Å². The predicted octanol–water partition coefficient (Wildman–Crippen LogP) is -0.301. The topological polar surface area (TPSA) is 123 Å². The van der Waals surface area contributed by atoms with E-state index in [4.69, 9.17) is 10.4 Å². The van der Waals surface area contributed by atoms with E-state index in [-0.39, 0.29) is 11.4 Å². The second-order valence-corrected chi connectivity index (χ2v) is 3.59. The summed E-state index contributed by atoms with van der Waals surface area (Å²) in [7, 11) is 0. The molecule has 0 aliphatic rings. The van der Waals surface area contributed by atoms with E-state index in [0.717, 1.165) is 0 Å². The number of amides is 2. The van der Waals surface area contributed by atoms with Crippen molar-refractivity contribution in [2.24, 2.45) is 10.3 Å². The highest BCUT2D eigenvalue weighted by atomic mass is 16.4. The van der Waals surface area contributed by atoms with Crippen molar-refractivity contribution in [2.45, 2.75) is 26.7 Å². The Morgan fingerprint density at radius 1 is 0.889 bits per heavy atom. The molecule has 0 atom stereocenters. The van der Waals surface area contributed by atoms with Gasteiger partial charge in [-0.05, 0) is 26.7 Å². The van der Waals surface area contributed by atoms with Crippen molar-refractivity contribution in [1.29, 1.82) is 0 Å². The SMILES string of the molecule is CC(=NO)C(=O)NCCCCNC(=O)C(C)=NO. The molecule has 0 spiro atoms. The first kappa shape index (κ1) is 15.9. The van der Waals surface area contributed by atoms with Gasteiger partial charge in [-0.25, -0.2) is 0 Å². The maximum absolute atomic E-state index is 11.1. The number of rotatable bonds is 7. The van der Waals surface area contributed by atoms with E-state index in [9.17, 15) is 9.59 Å². The number of hydrogen-bond acceptors (Lipinski definition) is 6. The van der Waals surface area contributed by atoms with Crippen LogP contribution < -0.4 is 10.6 Å². The Bertz CT molecular complexity index is 318. The van der Waals surface area contributed by atoms with Crippen LogP contribution in [0, 0.1) is 0 Å². The highest BCUT2D eigenvalue weighted by Crippen LogP contribution is 1.86. The first-order chi connectivity index (χ1) is 8.52. The molecular weight excluding hydrogens is 240 g/mol. The monoisotopic (exact) mass is 258 g/mol. The molecule has 8 heteroatoms. The fourth-order valence-corrected chi connectivity index (χ4v) is 1.00. The second-order valence-electron chi connectivity index (χ2n) is 3.59. The second kappa shape index (κ2) is 8.97. The molecule has 0 aromatic heterocycles. The maximum Gasteiger partial charge on any atom is 0.268 e. The third kappa shape index (κ3) is 6.46. The van der Waals surface area contributed by atoms with Gasteiger partial charge in [0, 0.05) is 13.1 Å². The zero-order chi connectivity index (χ0) is 14.0. The van der Waals surface area contributed by atoms with Crippen molar-refractivity contribution in [3.8, 4) is 0 Å². The van der Waals surface area contributed by atoms with Crippen LogP contribution in [0.1, 0.15) is 26.7 Å². The molecule has 102 valence electrons. The summed E-state index contributed by atoms with van der Waals surface area (Å²) in [5.74, 6) is -0.852. The third-order valence-corrected chi connectivity index (χ3v) is 2.13. The number of nitrogens with zero attached hydrogens (tertiary/aromatic N) is 2. The first-order valence-corrected chi connectivity index (χ1v) is 5.46. The summed E-state index contributed by atoms with van der Waals surface area (Å²) in [6.45, 7) is 3.64. The van der Waals surface area contributed by atoms with Gasteiger partial charge in [0.2, 0.25) is 0 Å². The lowest BCUT2D eigenvalue weighted by Gasteiger charge is -2.05. The molecule has 0 aliphatic heterocycles. The molecule has 0 saturated carbocycles. The molecule has 8 nitrogen and oxygen atoms in total. The molecule has 4 N–H and O–H groups in total. The molecule has 0 unspecified atom stereocenters. The van der Waals surface area contributed by atoms with Gasteiger partial charge in [-0.1, -0.05) is 10.3 Å². The Labute approximate surface area is 105 Å². The normalized spacial score (nSPS) is 12.1. The van der Waals surface area contributed by atoms with Gasteiger partial charge in [-0.3, -0.25) is 9.59 Å². The van der Waals surface area contributed by atoms with Crippen molar-refractivity contribution < 1.29 is 20.0 Å².